The molecule has 0 N–H and O–H groups in total. The van der Waals surface area contributed by atoms with Gasteiger partial charge in [0.2, 0.25) is 0 Å². The first kappa shape index (κ1) is 11.6. The van der Waals surface area contributed by atoms with Crippen molar-refractivity contribution in [3.63, 3.8) is 0 Å². The van der Waals surface area contributed by atoms with Crippen molar-refractivity contribution in [1.29, 1.82) is 0 Å². The molecule has 0 amide bonds. The van der Waals surface area contributed by atoms with Crippen molar-refractivity contribution < 1.29 is 9.47 Å². The third kappa shape index (κ3) is 2.83. The van der Waals surface area contributed by atoms with Gasteiger partial charge in [0.05, 0.1) is 13.2 Å². The molecular formula is C14H18O2. The van der Waals surface area contributed by atoms with Gasteiger partial charge in [-0.25, -0.2) is 0 Å². The molecule has 1 aliphatic rings. The molecule has 2 heteroatoms. The number of aryl methyl sites for hydroxylation is 1. The molecule has 1 aliphatic heterocycles. The van der Waals surface area contributed by atoms with Crippen LogP contribution in [0, 0.1) is 19.8 Å². The van der Waals surface area contributed by atoms with Crippen LogP contribution >= 0.6 is 0 Å². The van der Waals surface area contributed by atoms with Crippen LogP contribution in [0.4, 0.5) is 0 Å². The van der Waals surface area contributed by atoms with Gasteiger partial charge in [0, 0.05) is 11.5 Å². The largest absolute Gasteiger partial charge is 0.348 e. The minimum atomic E-state index is -0.199. The first-order chi connectivity index (χ1) is 7.79. The summed E-state index contributed by atoms with van der Waals surface area (Å²) < 4.78 is 11.4. The van der Waals surface area contributed by atoms with E-state index in [1.165, 1.54) is 5.56 Å². The zero-order valence-corrected chi connectivity index (χ0v) is 9.69. The van der Waals surface area contributed by atoms with Crippen LogP contribution in [0.2, 0.25) is 0 Å². The summed E-state index contributed by atoms with van der Waals surface area (Å²) in [5.41, 5.74) is 2.34. The Bertz CT molecular complexity index is 310. The van der Waals surface area contributed by atoms with Gasteiger partial charge in [-0.15, -0.1) is 0 Å². The van der Waals surface area contributed by atoms with Crippen molar-refractivity contribution in [2.24, 2.45) is 5.92 Å². The minimum absolute atomic E-state index is 0.199. The summed E-state index contributed by atoms with van der Waals surface area (Å²) in [5, 5.41) is 0. The predicted octanol–water partition coefficient (Wildman–Crippen LogP) is 3.15. The van der Waals surface area contributed by atoms with E-state index in [2.05, 4.69) is 31.2 Å². The molecule has 16 heavy (non-hydrogen) atoms. The van der Waals surface area contributed by atoms with Gasteiger partial charge in [-0.3, -0.25) is 0 Å². The Morgan fingerprint density at radius 3 is 2.38 bits per heavy atom. The molecular weight excluding hydrogens is 200 g/mol. The van der Waals surface area contributed by atoms with Gasteiger partial charge in [0.1, 0.15) is 0 Å². The van der Waals surface area contributed by atoms with E-state index in [4.69, 9.17) is 16.4 Å². The molecule has 0 spiro atoms. The molecule has 1 aromatic carbocycles. The fourth-order valence-corrected chi connectivity index (χ4v) is 1.86. The van der Waals surface area contributed by atoms with E-state index in [-0.39, 0.29) is 6.29 Å². The first-order valence-electron chi connectivity index (χ1n) is 5.79. The summed E-state index contributed by atoms with van der Waals surface area (Å²) >= 11 is 0. The summed E-state index contributed by atoms with van der Waals surface area (Å²) in [5.74, 6) is 0.451. The lowest BCUT2D eigenvalue weighted by molar-refractivity contribution is -0.205. The van der Waals surface area contributed by atoms with Crippen molar-refractivity contribution >= 4 is 0 Å². The van der Waals surface area contributed by atoms with Crippen molar-refractivity contribution in [3.05, 3.63) is 42.3 Å². The van der Waals surface area contributed by atoms with Crippen molar-refractivity contribution in [2.45, 2.75) is 26.1 Å². The highest BCUT2D eigenvalue weighted by atomic mass is 16.7. The maximum Gasteiger partial charge on any atom is 0.183 e. The fourth-order valence-electron chi connectivity index (χ4n) is 1.86. The maximum atomic E-state index is 5.69. The second-order valence-electron chi connectivity index (χ2n) is 4.35. The predicted molar refractivity (Wildman–Crippen MR) is 62.8 cm³/mol. The Labute approximate surface area is 97.6 Å². The second kappa shape index (κ2) is 5.46. The lowest BCUT2D eigenvalue weighted by Gasteiger charge is -2.29. The van der Waals surface area contributed by atoms with Crippen molar-refractivity contribution in [1.82, 2.24) is 0 Å². The molecule has 2 nitrogen and oxygen atoms in total. The molecule has 1 fully saturated rings. The monoisotopic (exact) mass is 218 g/mol. The van der Waals surface area contributed by atoms with E-state index in [1.807, 2.05) is 0 Å². The standard InChI is InChI=1S/C14H18O2/c1-3-4-12-9-15-14(16-10-12)13-7-5-11(2)6-8-13/h1,5-8,12,14H,3-4,9-10H2,2H3. The van der Waals surface area contributed by atoms with E-state index in [9.17, 15) is 0 Å². The van der Waals surface area contributed by atoms with E-state index in [0.29, 0.717) is 12.3 Å². The van der Waals surface area contributed by atoms with Gasteiger partial charge in [-0.1, -0.05) is 29.8 Å². The van der Waals surface area contributed by atoms with E-state index in [1.54, 1.807) is 0 Å². The average Bonchev–Trinajstić information content (AvgIpc) is 2.32. The second-order valence-corrected chi connectivity index (χ2v) is 4.35. The van der Waals surface area contributed by atoms with Gasteiger partial charge < -0.3 is 9.47 Å². The van der Waals surface area contributed by atoms with E-state index in [0.717, 1.165) is 25.2 Å². The highest BCUT2D eigenvalue weighted by molar-refractivity contribution is 5.22. The summed E-state index contributed by atoms with van der Waals surface area (Å²) in [6.07, 6.45) is 1.47. The first-order valence-corrected chi connectivity index (χ1v) is 5.79. The molecule has 1 saturated heterocycles. The molecule has 0 unspecified atom stereocenters. The normalized spacial score (nSPS) is 25.6. The molecule has 1 heterocycles. The summed E-state index contributed by atoms with van der Waals surface area (Å²) in [4.78, 5) is 0. The van der Waals surface area contributed by atoms with Crippen molar-refractivity contribution in [3.8, 4) is 0 Å². The van der Waals surface area contributed by atoms with Crippen LogP contribution < -0.4 is 0 Å². The zero-order chi connectivity index (χ0) is 11.4. The Morgan fingerprint density at radius 1 is 1.19 bits per heavy atom. The molecule has 0 atom stereocenters. The topological polar surface area (TPSA) is 18.5 Å². The summed E-state index contributed by atoms with van der Waals surface area (Å²) in [6.45, 7) is 9.08. The van der Waals surface area contributed by atoms with Crippen molar-refractivity contribution in [2.75, 3.05) is 13.2 Å². The molecule has 2 radical (unpaired) electrons. The van der Waals surface area contributed by atoms with Gasteiger partial charge in [0.25, 0.3) is 0 Å². The minimum Gasteiger partial charge on any atom is -0.348 e. The van der Waals surface area contributed by atoms with Gasteiger partial charge in [0.15, 0.2) is 6.29 Å². The third-order valence-corrected chi connectivity index (χ3v) is 2.89. The Balaban J connectivity index is 1.91. The Morgan fingerprint density at radius 2 is 1.81 bits per heavy atom. The maximum absolute atomic E-state index is 5.69. The molecule has 0 aromatic heterocycles. The van der Waals surface area contributed by atoms with E-state index < -0.39 is 0 Å². The Kier molecular flexibility index (Phi) is 3.97. The molecule has 0 bridgehead atoms. The van der Waals surface area contributed by atoms with Crippen LogP contribution in [0.1, 0.15) is 30.3 Å². The van der Waals surface area contributed by atoms with Crippen LogP contribution in [0.3, 0.4) is 0 Å². The molecule has 2 rings (SSSR count). The van der Waals surface area contributed by atoms with Crippen LogP contribution in [0.15, 0.2) is 24.3 Å². The number of hydrogen-bond acceptors (Lipinski definition) is 2. The highest BCUT2D eigenvalue weighted by Gasteiger charge is 2.22. The summed E-state index contributed by atoms with van der Waals surface area (Å²) in [6, 6.07) is 8.27. The number of ether oxygens (including phenoxy) is 2. The molecule has 86 valence electrons. The quantitative estimate of drug-likeness (QED) is 0.776. The van der Waals surface area contributed by atoms with Gasteiger partial charge in [-0.2, -0.15) is 0 Å². The smallest absolute Gasteiger partial charge is 0.183 e. The van der Waals surface area contributed by atoms with Crippen LogP contribution in [-0.4, -0.2) is 13.2 Å². The van der Waals surface area contributed by atoms with E-state index >= 15 is 0 Å². The van der Waals surface area contributed by atoms with Gasteiger partial charge >= 0.3 is 0 Å². The fraction of sp³-hybridized carbons (Fsp3) is 0.500. The lowest BCUT2D eigenvalue weighted by atomic mass is 10.0. The SMILES string of the molecule is [CH]CCC1COC(c2ccc(C)cc2)OC1. The zero-order valence-electron chi connectivity index (χ0n) is 9.69. The highest BCUT2D eigenvalue weighted by Crippen LogP contribution is 2.26. The van der Waals surface area contributed by atoms with Gasteiger partial charge in [-0.05, 0) is 26.7 Å². The summed E-state index contributed by atoms with van der Waals surface area (Å²) in [7, 11) is 0. The average molecular weight is 218 g/mol. The Hall–Kier alpha value is -0.860. The number of hydrogen-bond donors (Lipinski definition) is 0. The molecule has 1 aromatic rings. The number of rotatable bonds is 3. The lowest BCUT2D eigenvalue weighted by Crippen LogP contribution is -2.26. The van der Waals surface area contributed by atoms with Crippen LogP contribution in [0.25, 0.3) is 0 Å². The molecule has 0 saturated carbocycles. The third-order valence-electron chi connectivity index (χ3n) is 2.89. The number of benzene rings is 1. The van der Waals surface area contributed by atoms with Crippen LogP contribution in [0.5, 0.6) is 0 Å². The van der Waals surface area contributed by atoms with Crippen LogP contribution in [-0.2, 0) is 9.47 Å². The molecule has 0 aliphatic carbocycles.